The number of methoxy groups -OCH3 is 1. The monoisotopic (exact) mass is 448 g/mol. The van der Waals surface area contributed by atoms with Crippen molar-refractivity contribution in [2.75, 3.05) is 25.5 Å². The highest BCUT2D eigenvalue weighted by Gasteiger charge is 2.29. The molecular formula is C25H25FN4O3. The van der Waals surface area contributed by atoms with Gasteiger partial charge in [-0.2, -0.15) is 0 Å². The van der Waals surface area contributed by atoms with E-state index in [1.807, 2.05) is 29.2 Å². The number of halogens is 1. The molecule has 1 N–H and O–H groups in total. The van der Waals surface area contributed by atoms with Crippen LogP contribution >= 0.6 is 0 Å². The van der Waals surface area contributed by atoms with E-state index in [0.717, 1.165) is 17.7 Å². The van der Waals surface area contributed by atoms with Gasteiger partial charge in [-0.3, -0.25) is 9.59 Å². The number of likely N-dealkylation sites (tertiary alicyclic amines) is 1. The summed E-state index contributed by atoms with van der Waals surface area (Å²) in [5, 5.41) is 2.55. The lowest BCUT2D eigenvalue weighted by atomic mass is 10.1. The van der Waals surface area contributed by atoms with Crippen molar-refractivity contribution in [2.45, 2.75) is 25.7 Å². The number of carbonyl (C=O) groups excluding carboxylic acids is 2. The van der Waals surface area contributed by atoms with E-state index in [0.29, 0.717) is 31.0 Å². The first-order valence-corrected chi connectivity index (χ1v) is 10.7. The zero-order valence-electron chi connectivity index (χ0n) is 18.5. The number of aryl methyl sites for hydroxylation is 1. The van der Waals surface area contributed by atoms with Crippen molar-refractivity contribution >= 4 is 17.5 Å². The molecule has 3 aromatic rings. The van der Waals surface area contributed by atoms with Crippen molar-refractivity contribution < 1.29 is 18.7 Å². The molecule has 2 aromatic carbocycles. The molecule has 1 aromatic heterocycles. The number of hydrogen-bond acceptors (Lipinski definition) is 5. The minimum atomic E-state index is -0.508. The molecule has 0 bridgehead atoms. The first-order chi connectivity index (χ1) is 15.9. The lowest BCUT2D eigenvalue weighted by Crippen LogP contribution is -2.30. The van der Waals surface area contributed by atoms with Crippen LogP contribution in [0.2, 0.25) is 0 Å². The van der Waals surface area contributed by atoms with Gasteiger partial charge in [-0.15, -0.1) is 0 Å². The third-order valence-corrected chi connectivity index (χ3v) is 5.79. The average molecular weight is 448 g/mol. The Morgan fingerprint density at radius 2 is 1.94 bits per heavy atom. The van der Waals surface area contributed by atoms with Gasteiger partial charge in [-0.05, 0) is 43.2 Å². The molecule has 0 spiro atoms. The molecule has 170 valence electrons. The first-order valence-electron chi connectivity index (χ1n) is 10.7. The van der Waals surface area contributed by atoms with Crippen molar-refractivity contribution in [3.8, 4) is 5.75 Å². The quantitative estimate of drug-likeness (QED) is 0.621. The summed E-state index contributed by atoms with van der Waals surface area (Å²) in [6, 6.07) is 13.4. The summed E-state index contributed by atoms with van der Waals surface area (Å²) in [6.45, 7) is 2.90. The number of hydrogen-bond donors (Lipinski definition) is 1. The maximum absolute atomic E-state index is 13.8. The smallest absolute Gasteiger partial charge is 0.259 e. The van der Waals surface area contributed by atoms with E-state index in [9.17, 15) is 14.0 Å². The van der Waals surface area contributed by atoms with E-state index < -0.39 is 11.7 Å². The number of rotatable bonds is 6. The molecule has 2 amide bonds. The van der Waals surface area contributed by atoms with Gasteiger partial charge in [-0.1, -0.05) is 24.3 Å². The predicted molar refractivity (Wildman–Crippen MR) is 122 cm³/mol. The Labute approximate surface area is 191 Å². The van der Waals surface area contributed by atoms with Gasteiger partial charge in [0.05, 0.1) is 30.5 Å². The third kappa shape index (κ3) is 5.16. The summed E-state index contributed by atoms with van der Waals surface area (Å²) >= 11 is 0. The van der Waals surface area contributed by atoms with Gasteiger partial charge in [0.25, 0.3) is 5.91 Å². The van der Waals surface area contributed by atoms with Gasteiger partial charge in [0.2, 0.25) is 5.91 Å². The highest BCUT2D eigenvalue weighted by Crippen LogP contribution is 2.26. The van der Waals surface area contributed by atoms with Crippen LogP contribution in [0.15, 0.2) is 54.7 Å². The fourth-order valence-electron chi connectivity index (χ4n) is 3.88. The summed E-state index contributed by atoms with van der Waals surface area (Å²) in [5.41, 5.74) is 1.83. The summed E-state index contributed by atoms with van der Waals surface area (Å²) in [4.78, 5) is 36.0. The minimum absolute atomic E-state index is 0.00666. The summed E-state index contributed by atoms with van der Waals surface area (Å²) in [6.07, 6.45) is 2.55. The molecular weight excluding hydrogens is 423 g/mol. The lowest BCUT2D eigenvalue weighted by molar-refractivity contribution is -0.129. The van der Waals surface area contributed by atoms with Crippen LogP contribution in [0.25, 0.3) is 0 Å². The molecule has 1 aliphatic rings. The van der Waals surface area contributed by atoms with E-state index >= 15 is 0 Å². The van der Waals surface area contributed by atoms with Crippen LogP contribution in [-0.4, -0.2) is 46.9 Å². The second-order valence-corrected chi connectivity index (χ2v) is 8.01. The van der Waals surface area contributed by atoms with Crippen LogP contribution in [0.1, 0.15) is 39.8 Å². The summed E-state index contributed by atoms with van der Waals surface area (Å²) < 4.78 is 19.0. The molecule has 8 heteroatoms. The van der Waals surface area contributed by atoms with Crippen molar-refractivity contribution in [1.82, 2.24) is 14.9 Å². The Bertz CT molecular complexity index is 1170. The van der Waals surface area contributed by atoms with E-state index in [1.165, 1.54) is 18.3 Å². The molecule has 1 atom stereocenters. The fraction of sp³-hybridized carbons (Fsp3) is 0.280. The van der Waals surface area contributed by atoms with Crippen LogP contribution in [0.5, 0.6) is 5.75 Å². The Morgan fingerprint density at radius 3 is 2.64 bits per heavy atom. The Kier molecular flexibility index (Phi) is 6.63. The number of benzene rings is 2. The molecule has 0 unspecified atom stereocenters. The second-order valence-electron chi connectivity index (χ2n) is 8.01. The van der Waals surface area contributed by atoms with Gasteiger partial charge in [0, 0.05) is 25.2 Å². The van der Waals surface area contributed by atoms with E-state index in [2.05, 4.69) is 15.3 Å². The largest absolute Gasteiger partial charge is 0.497 e. The molecule has 0 aliphatic carbocycles. The number of para-hydroxylation sites is 1. The van der Waals surface area contributed by atoms with Crippen molar-refractivity contribution in [2.24, 2.45) is 0 Å². The summed E-state index contributed by atoms with van der Waals surface area (Å²) in [7, 11) is 1.61. The zero-order chi connectivity index (χ0) is 23.4. The van der Waals surface area contributed by atoms with Gasteiger partial charge in [0.15, 0.2) is 0 Å². The first kappa shape index (κ1) is 22.4. The number of anilines is 1. The van der Waals surface area contributed by atoms with Crippen LogP contribution in [0.3, 0.4) is 0 Å². The highest BCUT2D eigenvalue weighted by atomic mass is 19.1. The van der Waals surface area contributed by atoms with Crippen LogP contribution in [-0.2, 0) is 11.2 Å². The topological polar surface area (TPSA) is 84.4 Å². The SMILES string of the molecule is COc1ccc(CC(=O)N2CC[C@@H](c3ncc(C(=O)Nc4ccccc4F)c(C)n3)C2)cc1. The number of amides is 2. The zero-order valence-corrected chi connectivity index (χ0v) is 18.5. The van der Waals surface area contributed by atoms with Gasteiger partial charge >= 0.3 is 0 Å². The predicted octanol–water partition coefficient (Wildman–Crippen LogP) is 3.74. The molecule has 2 heterocycles. The molecule has 7 nitrogen and oxygen atoms in total. The Morgan fingerprint density at radius 1 is 1.18 bits per heavy atom. The maximum Gasteiger partial charge on any atom is 0.259 e. The second kappa shape index (κ2) is 9.77. The van der Waals surface area contributed by atoms with Crippen molar-refractivity contribution in [3.05, 3.63) is 83.2 Å². The average Bonchev–Trinajstić information content (AvgIpc) is 3.31. The normalized spacial score (nSPS) is 15.4. The van der Waals surface area contributed by atoms with Crippen LogP contribution in [0.4, 0.5) is 10.1 Å². The maximum atomic E-state index is 13.8. The Balaban J connectivity index is 1.38. The standard InChI is InChI=1S/C25H25FN4O3/c1-16-20(25(32)29-22-6-4-3-5-21(22)26)14-27-24(28-16)18-11-12-30(15-18)23(31)13-17-7-9-19(33-2)10-8-17/h3-10,14,18H,11-13,15H2,1-2H3,(H,29,32)/t18-/m1/s1. The highest BCUT2D eigenvalue weighted by molar-refractivity contribution is 6.04. The minimum Gasteiger partial charge on any atom is -0.497 e. The van der Waals surface area contributed by atoms with Crippen molar-refractivity contribution in [1.29, 1.82) is 0 Å². The number of aromatic nitrogens is 2. The number of nitrogens with one attached hydrogen (secondary N) is 1. The van der Waals surface area contributed by atoms with Crippen molar-refractivity contribution in [3.63, 3.8) is 0 Å². The number of ether oxygens (including phenoxy) is 1. The Hall–Kier alpha value is -3.81. The lowest BCUT2D eigenvalue weighted by Gasteiger charge is -2.17. The van der Waals surface area contributed by atoms with E-state index in [1.54, 1.807) is 26.2 Å². The molecule has 33 heavy (non-hydrogen) atoms. The molecule has 0 saturated carbocycles. The molecule has 0 radical (unpaired) electrons. The van der Waals surface area contributed by atoms with Gasteiger partial charge < -0.3 is 15.0 Å². The molecule has 1 fully saturated rings. The molecule has 1 saturated heterocycles. The van der Waals surface area contributed by atoms with E-state index in [-0.39, 0.29) is 23.1 Å². The number of nitrogens with zero attached hydrogens (tertiary/aromatic N) is 3. The summed E-state index contributed by atoms with van der Waals surface area (Å²) in [5.74, 6) is 0.450. The fourth-order valence-corrected chi connectivity index (χ4v) is 3.88. The third-order valence-electron chi connectivity index (χ3n) is 5.79. The van der Waals surface area contributed by atoms with Gasteiger partial charge in [0.1, 0.15) is 17.4 Å². The van der Waals surface area contributed by atoms with Crippen LogP contribution in [0, 0.1) is 12.7 Å². The van der Waals surface area contributed by atoms with Crippen LogP contribution < -0.4 is 10.1 Å². The molecule has 1 aliphatic heterocycles. The number of carbonyl (C=O) groups is 2. The van der Waals surface area contributed by atoms with E-state index in [4.69, 9.17) is 4.74 Å². The molecule has 4 rings (SSSR count). The van der Waals surface area contributed by atoms with Gasteiger partial charge in [-0.25, -0.2) is 14.4 Å².